The second-order valence-electron chi connectivity index (χ2n) is 8.59. The van der Waals surface area contributed by atoms with Gasteiger partial charge < -0.3 is 25.6 Å². The zero-order valence-electron chi connectivity index (χ0n) is 19.3. The number of hydrogen-bond acceptors (Lipinski definition) is 9. The molecule has 10 nitrogen and oxygen atoms in total. The van der Waals surface area contributed by atoms with Crippen molar-refractivity contribution in [1.82, 2.24) is 24.8 Å². The van der Waals surface area contributed by atoms with Crippen LogP contribution < -0.4 is 16.0 Å². The molecule has 2 aliphatic rings. The van der Waals surface area contributed by atoms with Gasteiger partial charge in [-0.2, -0.15) is 0 Å². The molecule has 1 fully saturated rings. The van der Waals surface area contributed by atoms with Crippen molar-refractivity contribution in [1.29, 1.82) is 0 Å². The second-order valence-corrected chi connectivity index (χ2v) is 9.70. The Hall–Kier alpha value is -3.90. The fourth-order valence-corrected chi connectivity index (χ4v) is 5.66. The van der Waals surface area contributed by atoms with Crippen molar-refractivity contribution < 1.29 is 13.9 Å². The Morgan fingerprint density at radius 1 is 1.08 bits per heavy atom. The molecule has 3 aromatic heterocycles. The summed E-state index contributed by atoms with van der Waals surface area (Å²) in [6.07, 6.45) is 3.96. The van der Waals surface area contributed by atoms with Gasteiger partial charge in [-0.1, -0.05) is 0 Å². The number of thiophene rings is 1. The van der Waals surface area contributed by atoms with Gasteiger partial charge in [0.05, 0.1) is 35.5 Å². The number of ether oxygens (including phenoxy) is 1. The van der Waals surface area contributed by atoms with E-state index < -0.39 is 0 Å². The lowest BCUT2D eigenvalue weighted by atomic mass is 10.1. The number of hydrogen-bond donors (Lipinski definition) is 2. The number of morpholine rings is 1. The summed E-state index contributed by atoms with van der Waals surface area (Å²) in [5, 5.41) is 2.86. The van der Waals surface area contributed by atoms with Gasteiger partial charge in [-0.05, 0) is 30.7 Å². The molecule has 3 N–H and O–H groups in total. The smallest absolute Gasteiger partial charge is 0.322 e. The quantitative estimate of drug-likeness (QED) is 0.434. The van der Waals surface area contributed by atoms with Crippen molar-refractivity contribution >= 4 is 45.0 Å². The summed E-state index contributed by atoms with van der Waals surface area (Å²) in [5.41, 5.74) is 8.74. The summed E-state index contributed by atoms with van der Waals surface area (Å²) < 4.78 is 19.8. The van der Waals surface area contributed by atoms with Gasteiger partial charge in [0, 0.05) is 48.2 Å². The molecule has 0 aliphatic carbocycles. The number of anilines is 3. The molecule has 2 amide bonds. The molecule has 184 valence electrons. The Kier molecular flexibility index (Phi) is 5.82. The minimum atomic E-state index is -0.349. The van der Waals surface area contributed by atoms with E-state index in [1.807, 2.05) is 0 Å². The molecule has 0 bridgehead atoms. The molecule has 12 heteroatoms. The molecule has 0 unspecified atom stereocenters. The van der Waals surface area contributed by atoms with Crippen LogP contribution in [0.15, 0.2) is 36.7 Å². The largest absolute Gasteiger partial charge is 0.378 e. The highest BCUT2D eigenvalue weighted by molar-refractivity contribution is 7.19. The van der Waals surface area contributed by atoms with E-state index in [0.717, 1.165) is 41.1 Å². The SMILES string of the molecule is Nc1ncc(-c2nc(N3CCOCC3)c3sc4c(c3n2)CN(C(=O)Nc2ccc(F)cc2)CC4)cn1. The van der Waals surface area contributed by atoms with Gasteiger partial charge in [0.25, 0.3) is 0 Å². The van der Waals surface area contributed by atoms with E-state index in [1.54, 1.807) is 40.8 Å². The number of nitrogens with zero attached hydrogens (tertiary/aromatic N) is 6. The van der Waals surface area contributed by atoms with Gasteiger partial charge in [-0.25, -0.2) is 29.1 Å². The molecule has 6 rings (SSSR count). The minimum absolute atomic E-state index is 0.184. The summed E-state index contributed by atoms with van der Waals surface area (Å²) in [4.78, 5) is 36.2. The highest BCUT2D eigenvalue weighted by Crippen LogP contribution is 2.40. The number of carbonyl (C=O) groups excluding carboxylic acids is 1. The molecule has 1 aromatic carbocycles. The van der Waals surface area contributed by atoms with E-state index in [2.05, 4.69) is 20.2 Å². The Labute approximate surface area is 210 Å². The highest BCUT2D eigenvalue weighted by atomic mass is 32.1. The van der Waals surface area contributed by atoms with Crippen molar-refractivity contribution in [2.45, 2.75) is 13.0 Å². The van der Waals surface area contributed by atoms with Crippen LogP contribution in [0, 0.1) is 5.82 Å². The van der Waals surface area contributed by atoms with Crippen LogP contribution in [0.3, 0.4) is 0 Å². The van der Waals surface area contributed by atoms with E-state index in [9.17, 15) is 9.18 Å². The first-order valence-electron chi connectivity index (χ1n) is 11.6. The lowest BCUT2D eigenvalue weighted by Gasteiger charge is -2.28. The number of nitrogens with one attached hydrogen (secondary N) is 1. The van der Waals surface area contributed by atoms with Gasteiger partial charge in [0.2, 0.25) is 5.95 Å². The Balaban J connectivity index is 1.37. The van der Waals surface area contributed by atoms with Crippen LogP contribution >= 0.6 is 11.3 Å². The maximum Gasteiger partial charge on any atom is 0.322 e. The van der Waals surface area contributed by atoms with Gasteiger partial charge in [-0.15, -0.1) is 11.3 Å². The number of urea groups is 1. The predicted octanol–water partition coefficient (Wildman–Crippen LogP) is 3.30. The molecule has 0 radical (unpaired) electrons. The van der Waals surface area contributed by atoms with Crippen LogP contribution in [0.1, 0.15) is 10.4 Å². The standard InChI is InChI=1S/C24H23FN8O2S/c25-15-1-3-16(4-2-15)29-24(34)33-6-5-18-17(13-33)19-20(36-18)22(32-7-9-35-10-8-32)31-21(30-19)14-11-27-23(26)28-12-14/h1-4,11-12H,5-10,13H2,(H,29,34)(H2,26,27,28). The number of carbonyl (C=O) groups is 1. The average molecular weight is 507 g/mol. The number of aromatic nitrogens is 4. The lowest BCUT2D eigenvalue weighted by Crippen LogP contribution is -2.38. The fourth-order valence-electron chi connectivity index (χ4n) is 4.41. The molecule has 5 heterocycles. The predicted molar refractivity (Wildman–Crippen MR) is 135 cm³/mol. The van der Waals surface area contributed by atoms with Crippen LogP contribution in [-0.4, -0.2) is 63.7 Å². The van der Waals surface area contributed by atoms with Crippen LogP contribution in [0.4, 0.5) is 26.6 Å². The topological polar surface area (TPSA) is 122 Å². The van der Waals surface area contributed by atoms with E-state index in [1.165, 1.54) is 17.0 Å². The van der Waals surface area contributed by atoms with E-state index in [4.69, 9.17) is 20.4 Å². The van der Waals surface area contributed by atoms with Crippen molar-refractivity contribution in [3.8, 4) is 11.4 Å². The van der Waals surface area contributed by atoms with Gasteiger partial charge in [0.15, 0.2) is 11.6 Å². The fraction of sp³-hybridized carbons (Fsp3) is 0.292. The second kappa shape index (κ2) is 9.28. The number of halogens is 1. The Bertz CT molecular complexity index is 1420. The maximum atomic E-state index is 13.2. The summed E-state index contributed by atoms with van der Waals surface area (Å²) >= 11 is 1.69. The molecule has 0 spiro atoms. The first-order valence-corrected chi connectivity index (χ1v) is 12.4. The lowest BCUT2D eigenvalue weighted by molar-refractivity contribution is 0.122. The monoisotopic (exact) mass is 506 g/mol. The van der Waals surface area contributed by atoms with Crippen molar-refractivity contribution in [3.63, 3.8) is 0 Å². The summed E-state index contributed by atoms with van der Waals surface area (Å²) in [7, 11) is 0. The van der Waals surface area contributed by atoms with Crippen molar-refractivity contribution in [2.75, 3.05) is 48.8 Å². The number of rotatable bonds is 3. The molecule has 4 aromatic rings. The molecule has 0 saturated carbocycles. The molecular weight excluding hydrogens is 483 g/mol. The van der Waals surface area contributed by atoms with Crippen LogP contribution in [0.2, 0.25) is 0 Å². The molecule has 2 aliphatic heterocycles. The van der Waals surface area contributed by atoms with Gasteiger partial charge in [-0.3, -0.25) is 0 Å². The Morgan fingerprint density at radius 3 is 2.58 bits per heavy atom. The Morgan fingerprint density at radius 2 is 1.83 bits per heavy atom. The van der Waals surface area contributed by atoms with E-state index in [0.29, 0.717) is 43.4 Å². The molecular formula is C24H23FN8O2S. The number of amides is 2. The summed E-state index contributed by atoms with van der Waals surface area (Å²) in [6.45, 7) is 3.73. The minimum Gasteiger partial charge on any atom is -0.378 e. The number of nitrogens with two attached hydrogens (primary N) is 1. The van der Waals surface area contributed by atoms with Crippen molar-refractivity contribution in [2.24, 2.45) is 0 Å². The zero-order chi connectivity index (χ0) is 24.6. The van der Waals surface area contributed by atoms with E-state index in [-0.39, 0.29) is 17.8 Å². The maximum absolute atomic E-state index is 13.2. The molecule has 1 saturated heterocycles. The van der Waals surface area contributed by atoms with Gasteiger partial charge in [0.1, 0.15) is 5.82 Å². The van der Waals surface area contributed by atoms with Crippen LogP contribution in [0.25, 0.3) is 21.6 Å². The van der Waals surface area contributed by atoms with E-state index >= 15 is 0 Å². The first-order chi connectivity index (χ1) is 17.5. The van der Waals surface area contributed by atoms with Crippen LogP contribution in [0.5, 0.6) is 0 Å². The van der Waals surface area contributed by atoms with Crippen molar-refractivity contribution in [3.05, 3.63) is 52.9 Å². The number of benzene rings is 1. The zero-order valence-corrected chi connectivity index (χ0v) is 20.1. The summed E-state index contributed by atoms with van der Waals surface area (Å²) in [6, 6.07) is 5.50. The number of nitrogen functional groups attached to an aromatic ring is 1. The first kappa shape index (κ1) is 22.6. The average Bonchev–Trinajstić information content (AvgIpc) is 3.28. The normalized spacial score (nSPS) is 15.7. The van der Waals surface area contributed by atoms with Gasteiger partial charge >= 0.3 is 6.03 Å². The molecule has 36 heavy (non-hydrogen) atoms. The molecule has 0 atom stereocenters. The third-order valence-corrected chi connectivity index (χ3v) is 7.55. The third kappa shape index (κ3) is 4.29. The highest BCUT2D eigenvalue weighted by Gasteiger charge is 2.29. The third-order valence-electron chi connectivity index (χ3n) is 6.28. The van der Waals surface area contributed by atoms with Crippen LogP contribution in [-0.2, 0) is 17.7 Å². The number of fused-ring (bicyclic) bond motifs is 3. The summed E-state index contributed by atoms with van der Waals surface area (Å²) in [5.74, 6) is 1.21.